The van der Waals surface area contributed by atoms with Gasteiger partial charge in [-0.25, -0.2) is 9.07 Å². The van der Waals surface area contributed by atoms with Gasteiger partial charge < -0.3 is 29.7 Å². The average molecular weight is 524 g/mol. The van der Waals surface area contributed by atoms with E-state index >= 15 is 0 Å². The van der Waals surface area contributed by atoms with Crippen molar-refractivity contribution >= 4 is 29.4 Å². The van der Waals surface area contributed by atoms with E-state index in [4.69, 9.17) is 4.74 Å². The van der Waals surface area contributed by atoms with Crippen molar-refractivity contribution in [2.45, 2.75) is 12.6 Å². The number of methoxy groups -OCH3 is 1. The molecule has 0 radical (unpaired) electrons. The van der Waals surface area contributed by atoms with Gasteiger partial charge in [0.1, 0.15) is 17.5 Å². The Labute approximate surface area is 215 Å². The van der Waals surface area contributed by atoms with E-state index in [0.29, 0.717) is 63.9 Å². The van der Waals surface area contributed by atoms with Gasteiger partial charge in [0.2, 0.25) is 0 Å². The molecule has 1 unspecified atom stereocenters. The van der Waals surface area contributed by atoms with Crippen LogP contribution in [0.3, 0.4) is 0 Å². The van der Waals surface area contributed by atoms with Crippen LogP contribution in [0.1, 0.15) is 5.69 Å². The van der Waals surface area contributed by atoms with Crippen molar-refractivity contribution < 1.29 is 23.8 Å². The number of benzene rings is 1. The SMILES string of the molecule is CNCc1cn(-c2ccc(N3CCN(C(=O)C(O)CN4CCOCC4)CC3)c(F)c2)nn1.COC=S. The fourth-order valence-electron chi connectivity index (χ4n) is 4.07. The second-order valence-corrected chi connectivity index (χ2v) is 8.59. The largest absolute Gasteiger partial charge is 0.493 e. The van der Waals surface area contributed by atoms with Crippen LogP contribution in [0.15, 0.2) is 24.4 Å². The number of ether oxygens (including phenoxy) is 2. The van der Waals surface area contributed by atoms with Gasteiger partial charge in [-0.05, 0) is 31.4 Å². The van der Waals surface area contributed by atoms with E-state index in [1.165, 1.54) is 18.7 Å². The van der Waals surface area contributed by atoms with E-state index in [1.807, 2.05) is 16.8 Å². The van der Waals surface area contributed by atoms with Crippen molar-refractivity contribution in [1.29, 1.82) is 0 Å². The molecule has 2 N–H and O–H groups in total. The van der Waals surface area contributed by atoms with Crippen LogP contribution in [-0.2, 0) is 20.8 Å². The molecule has 0 bridgehead atoms. The molecule has 2 aliphatic heterocycles. The maximum atomic E-state index is 14.9. The number of hydrogen-bond acceptors (Lipinski definition) is 10. The summed E-state index contributed by atoms with van der Waals surface area (Å²) in [5, 5.41) is 21.5. The Morgan fingerprint density at radius 2 is 1.97 bits per heavy atom. The topological polar surface area (TPSA) is 108 Å². The molecular formula is C23H34FN7O4S. The van der Waals surface area contributed by atoms with Crippen molar-refractivity contribution in [3.05, 3.63) is 35.9 Å². The number of hydrogen-bond donors (Lipinski definition) is 2. The summed E-state index contributed by atoms with van der Waals surface area (Å²) in [7, 11) is 3.35. The Morgan fingerprint density at radius 1 is 1.28 bits per heavy atom. The number of morpholine rings is 1. The highest BCUT2D eigenvalue weighted by molar-refractivity contribution is 7.78. The number of aliphatic hydroxyl groups excluding tert-OH is 1. The zero-order valence-electron chi connectivity index (χ0n) is 20.7. The summed E-state index contributed by atoms with van der Waals surface area (Å²) < 4.78 is 25.9. The molecule has 0 aliphatic carbocycles. The molecule has 0 spiro atoms. The van der Waals surface area contributed by atoms with Crippen LogP contribution < -0.4 is 10.2 Å². The average Bonchev–Trinajstić information content (AvgIpc) is 3.38. The van der Waals surface area contributed by atoms with Crippen molar-refractivity contribution in [2.75, 3.05) is 78.1 Å². The molecule has 4 rings (SSSR count). The van der Waals surface area contributed by atoms with E-state index in [2.05, 4.69) is 32.6 Å². The Morgan fingerprint density at radius 3 is 2.58 bits per heavy atom. The van der Waals surface area contributed by atoms with E-state index in [9.17, 15) is 14.3 Å². The van der Waals surface area contributed by atoms with Crippen LogP contribution in [-0.4, -0.2) is 121 Å². The lowest BCUT2D eigenvalue weighted by molar-refractivity contribution is -0.142. The van der Waals surface area contributed by atoms with Crippen molar-refractivity contribution in [3.63, 3.8) is 0 Å². The molecule has 13 heteroatoms. The lowest BCUT2D eigenvalue weighted by Crippen LogP contribution is -2.54. The number of thiocarbonyl (C=S) groups is 1. The number of aliphatic hydroxyl groups is 1. The van der Waals surface area contributed by atoms with Crippen LogP contribution in [0, 0.1) is 5.82 Å². The number of halogens is 1. The predicted molar refractivity (Wildman–Crippen MR) is 137 cm³/mol. The van der Waals surface area contributed by atoms with E-state index in [-0.39, 0.29) is 11.7 Å². The van der Waals surface area contributed by atoms with Crippen molar-refractivity contribution in [2.24, 2.45) is 0 Å². The second kappa shape index (κ2) is 14.1. The summed E-state index contributed by atoms with van der Waals surface area (Å²) in [6, 6.07) is 4.98. The lowest BCUT2D eigenvalue weighted by atomic mass is 10.2. The number of β-amino-alcohol motifs (C(OH)–C–C–N with tert-alkyl or cyclic N) is 1. The first-order valence-corrected chi connectivity index (χ1v) is 12.3. The van der Waals surface area contributed by atoms with Crippen molar-refractivity contribution in [1.82, 2.24) is 30.1 Å². The molecule has 36 heavy (non-hydrogen) atoms. The Balaban J connectivity index is 0.000000840. The third-order valence-corrected chi connectivity index (χ3v) is 6.14. The normalized spacial score (nSPS) is 17.2. The molecule has 1 aromatic heterocycles. The van der Waals surface area contributed by atoms with Gasteiger partial charge in [0, 0.05) is 58.4 Å². The van der Waals surface area contributed by atoms with Crippen molar-refractivity contribution in [3.8, 4) is 5.69 Å². The van der Waals surface area contributed by atoms with Crippen LogP contribution in [0.5, 0.6) is 0 Å². The van der Waals surface area contributed by atoms with E-state index in [0.717, 1.165) is 18.8 Å². The van der Waals surface area contributed by atoms with E-state index in [1.54, 1.807) is 27.9 Å². The number of anilines is 1. The fraction of sp³-hybridized carbons (Fsp3) is 0.565. The number of rotatable bonds is 8. The molecule has 2 aromatic rings. The maximum absolute atomic E-state index is 14.9. The molecule has 1 aromatic carbocycles. The van der Waals surface area contributed by atoms with Gasteiger partial charge in [-0.2, -0.15) is 0 Å². The first-order chi connectivity index (χ1) is 17.5. The summed E-state index contributed by atoms with van der Waals surface area (Å²) >= 11 is 4.21. The molecule has 1 amide bonds. The maximum Gasteiger partial charge on any atom is 0.252 e. The number of carbonyl (C=O) groups excluding carboxylic acids is 1. The summed E-state index contributed by atoms with van der Waals surface area (Å²) in [6.45, 7) is 5.48. The molecule has 0 saturated carbocycles. The van der Waals surface area contributed by atoms with Gasteiger partial charge in [-0.3, -0.25) is 9.69 Å². The molecule has 3 heterocycles. The third-order valence-electron chi connectivity index (χ3n) is 5.94. The van der Waals surface area contributed by atoms with Crippen LogP contribution in [0.2, 0.25) is 0 Å². The number of piperazine rings is 1. The first-order valence-electron chi connectivity index (χ1n) is 11.8. The van der Waals surface area contributed by atoms with Gasteiger partial charge in [-0.15, -0.1) is 5.10 Å². The molecule has 198 valence electrons. The number of aromatic nitrogens is 3. The highest BCUT2D eigenvalue weighted by atomic mass is 32.1. The summed E-state index contributed by atoms with van der Waals surface area (Å²) in [4.78, 5) is 18.3. The van der Waals surface area contributed by atoms with Gasteiger partial charge in [0.25, 0.3) is 5.91 Å². The molecule has 2 fully saturated rings. The summed E-state index contributed by atoms with van der Waals surface area (Å²) in [5.41, 5.74) is 3.07. The number of nitrogens with zero attached hydrogens (tertiary/aromatic N) is 6. The number of nitrogens with one attached hydrogen (secondary N) is 1. The monoisotopic (exact) mass is 523 g/mol. The first kappa shape index (κ1) is 27.9. The summed E-state index contributed by atoms with van der Waals surface area (Å²) in [5.74, 6) is -0.615. The molecular weight excluding hydrogens is 489 g/mol. The second-order valence-electron chi connectivity index (χ2n) is 8.39. The lowest BCUT2D eigenvalue weighted by Gasteiger charge is -2.37. The predicted octanol–water partition coefficient (Wildman–Crippen LogP) is 0.0575. The highest BCUT2D eigenvalue weighted by Crippen LogP contribution is 2.23. The zero-order chi connectivity index (χ0) is 25.9. The summed E-state index contributed by atoms with van der Waals surface area (Å²) in [6.07, 6.45) is 0.712. The van der Waals surface area contributed by atoms with Gasteiger partial charge in [0.15, 0.2) is 0 Å². The minimum Gasteiger partial charge on any atom is -0.493 e. The van der Waals surface area contributed by atoms with Gasteiger partial charge in [0.05, 0.1) is 43.6 Å². The third kappa shape index (κ3) is 7.64. The quantitative estimate of drug-likeness (QED) is 0.461. The number of amides is 1. The Hall–Kier alpha value is -2.71. The minimum atomic E-state index is -1.05. The minimum absolute atomic E-state index is 0.268. The molecule has 11 nitrogen and oxygen atoms in total. The Bertz CT molecular complexity index is 981. The molecule has 2 saturated heterocycles. The standard InChI is InChI=1S/C21H30FN7O3.C2H4OS/c1-23-13-16-14-29(25-24-16)17-2-3-19(18(22)12-17)27-4-6-28(7-5-27)21(31)20(30)15-26-8-10-32-11-9-26;1-3-2-4/h2-3,12,14,20,23,30H,4-11,13,15H2,1H3;2H,1H3. The van der Waals surface area contributed by atoms with Gasteiger partial charge in [-0.1, -0.05) is 5.21 Å². The van der Waals surface area contributed by atoms with Gasteiger partial charge >= 0.3 is 0 Å². The van der Waals surface area contributed by atoms with E-state index < -0.39 is 6.10 Å². The number of carbonyl (C=O) groups is 1. The highest BCUT2D eigenvalue weighted by Gasteiger charge is 2.28. The smallest absolute Gasteiger partial charge is 0.252 e. The zero-order valence-corrected chi connectivity index (χ0v) is 21.5. The van der Waals surface area contributed by atoms with Crippen LogP contribution >= 0.6 is 12.2 Å². The van der Waals surface area contributed by atoms with Crippen LogP contribution in [0.25, 0.3) is 5.69 Å². The Kier molecular flexibility index (Phi) is 10.9. The molecule has 1 atom stereocenters. The fourth-order valence-corrected chi connectivity index (χ4v) is 4.07. The van der Waals surface area contributed by atoms with Crippen LogP contribution in [0.4, 0.5) is 10.1 Å². The molecule has 2 aliphatic rings.